The van der Waals surface area contributed by atoms with E-state index in [0.29, 0.717) is 12.2 Å². The Bertz CT molecular complexity index is 677. The second-order valence-corrected chi connectivity index (χ2v) is 5.88. The van der Waals surface area contributed by atoms with Crippen LogP contribution >= 0.6 is 15.9 Å². The molecule has 1 aliphatic heterocycles. The van der Waals surface area contributed by atoms with E-state index in [2.05, 4.69) is 15.9 Å². The van der Waals surface area contributed by atoms with Gasteiger partial charge in [-0.05, 0) is 51.8 Å². The summed E-state index contributed by atoms with van der Waals surface area (Å²) in [5.41, 5.74) is 7.88. The molecular weight excluding hydrogens is 337 g/mol. The van der Waals surface area contributed by atoms with Gasteiger partial charge in [0.1, 0.15) is 23.4 Å². The van der Waals surface area contributed by atoms with Crippen LogP contribution in [0.4, 0.5) is 4.39 Å². The molecule has 2 aromatic rings. The molecule has 0 radical (unpaired) electrons. The Morgan fingerprint density at radius 2 is 2.10 bits per heavy atom. The third-order valence-corrected chi connectivity index (χ3v) is 4.28. The molecule has 2 atom stereocenters. The largest absolute Gasteiger partial charge is 0.496 e. The molecule has 1 unspecified atom stereocenters. The molecule has 0 fully saturated rings. The second kappa shape index (κ2) is 5.66. The SMILES string of the molecule is COc1ccc(C2C[C@@H](N)c3cc(F)ccc3O2)cc1Br. The molecule has 3 rings (SSSR count). The van der Waals surface area contributed by atoms with Crippen molar-refractivity contribution in [3.8, 4) is 11.5 Å². The van der Waals surface area contributed by atoms with Gasteiger partial charge in [-0.1, -0.05) is 6.07 Å². The van der Waals surface area contributed by atoms with Gasteiger partial charge in [-0.2, -0.15) is 0 Å². The van der Waals surface area contributed by atoms with Crippen LogP contribution in [0.5, 0.6) is 11.5 Å². The van der Waals surface area contributed by atoms with Gasteiger partial charge in [0, 0.05) is 18.0 Å². The number of rotatable bonds is 2. The van der Waals surface area contributed by atoms with E-state index in [-0.39, 0.29) is 18.0 Å². The van der Waals surface area contributed by atoms with Crippen molar-refractivity contribution in [2.45, 2.75) is 18.6 Å². The smallest absolute Gasteiger partial charge is 0.133 e. The highest BCUT2D eigenvalue weighted by molar-refractivity contribution is 9.10. The number of nitrogens with two attached hydrogens (primary N) is 1. The second-order valence-electron chi connectivity index (χ2n) is 5.02. The third-order valence-electron chi connectivity index (χ3n) is 3.66. The van der Waals surface area contributed by atoms with Gasteiger partial charge < -0.3 is 15.2 Å². The Kier molecular flexibility index (Phi) is 3.87. The fourth-order valence-corrected chi connectivity index (χ4v) is 3.12. The number of ether oxygens (including phenoxy) is 2. The highest BCUT2D eigenvalue weighted by Crippen LogP contribution is 2.41. The average Bonchev–Trinajstić information content (AvgIpc) is 2.47. The summed E-state index contributed by atoms with van der Waals surface area (Å²) in [5.74, 6) is 1.12. The lowest BCUT2D eigenvalue weighted by atomic mass is 9.93. The van der Waals surface area contributed by atoms with Crippen molar-refractivity contribution in [1.82, 2.24) is 0 Å². The zero-order valence-corrected chi connectivity index (χ0v) is 13.1. The number of hydrogen-bond donors (Lipinski definition) is 1. The number of methoxy groups -OCH3 is 1. The zero-order chi connectivity index (χ0) is 15.0. The molecule has 0 aliphatic carbocycles. The number of benzene rings is 2. The Morgan fingerprint density at radius 1 is 1.29 bits per heavy atom. The predicted molar refractivity (Wildman–Crippen MR) is 82.0 cm³/mol. The van der Waals surface area contributed by atoms with E-state index in [1.807, 2.05) is 18.2 Å². The summed E-state index contributed by atoms with van der Waals surface area (Å²) >= 11 is 3.47. The lowest BCUT2D eigenvalue weighted by molar-refractivity contribution is 0.161. The van der Waals surface area contributed by atoms with E-state index in [0.717, 1.165) is 21.3 Å². The third kappa shape index (κ3) is 2.76. The first-order valence-corrected chi connectivity index (χ1v) is 7.43. The van der Waals surface area contributed by atoms with Crippen LogP contribution in [0, 0.1) is 5.82 Å². The lowest BCUT2D eigenvalue weighted by Gasteiger charge is -2.30. The van der Waals surface area contributed by atoms with Gasteiger partial charge in [-0.25, -0.2) is 4.39 Å². The van der Waals surface area contributed by atoms with Gasteiger partial charge in [0.05, 0.1) is 11.6 Å². The first kappa shape index (κ1) is 14.4. The molecule has 2 N–H and O–H groups in total. The maximum absolute atomic E-state index is 13.3. The normalized spacial score (nSPS) is 20.6. The van der Waals surface area contributed by atoms with E-state index >= 15 is 0 Å². The molecule has 110 valence electrons. The highest BCUT2D eigenvalue weighted by atomic mass is 79.9. The van der Waals surface area contributed by atoms with Crippen LogP contribution < -0.4 is 15.2 Å². The summed E-state index contributed by atoms with van der Waals surface area (Å²) in [7, 11) is 1.62. The summed E-state index contributed by atoms with van der Waals surface area (Å²) in [5, 5.41) is 0. The van der Waals surface area contributed by atoms with Crippen LogP contribution in [0.1, 0.15) is 29.7 Å². The van der Waals surface area contributed by atoms with Crippen LogP contribution in [-0.4, -0.2) is 7.11 Å². The zero-order valence-electron chi connectivity index (χ0n) is 11.5. The van der Waals surface area contributed by atoms with Crippen molar-refractivity contribution in [2.24, 2.45) is 5.73 Å². The van der Waals surface area contributed by atoms with Crippen LogP contribution in [-0.2, 0) is 0 Å². The van der Waals surface area contributed by atoms with E-state index in [9.17, 15) is 4.39 Å². The van der Waals surface area contributed by atoms with Crippen molar-refractivity contribution < 1.29 is 13.9 Å². The molecule has 0 amide bonds. The standard InChI is InChI=1S/C16H15BrFNO2/c1-20-15-4-2-9(6-12(15)17)16-8-13(19)11-7-10(18)3-5-14(11)21-16/h2-7,13,16H,8,19H2,1H3/t13-,16?/m1/s1. The average molecular weight is 352 g/mol. The maximum Gasteiger partial charge on any atom is 0.133 e. The summed E-state index contributed by atoms with van der Waals surface area (Å²) < 4.78 is 25.3. The van der Waals surface area contributed by atoms with Crippen molar-refractivity contribution in [3.63, 3.8) is 0 Å². The monoisotopic (exact) mass is 351 g/mol. The molecule has 1 aliphatic rings. The number of hydrogen-bond acceptors (Lipinski definition) is 3. The van der Waals surface area contributed by atoms with Crippen molar-refractivity contribution in [3.05, 3.63) is 57.8 Å². The number of fused-ring (bicyclic) bond motifs is 1. The van der Waals surface area contributed by atoms with Crippen LogP contribution in [0.25, 0.3) is 0 Å². The summed E-state index contributed by atoms with van der Waals surface area (Å²) in [6, 6.07) is 10.0. The Hall–Kier alpha value is -1.59. The molecule has 21 heavy (non-hydrogen) atoms. The summed E-state index contributed by atoms with van der Waals surface area (Å²) in [6.45, 7) is 0. The van der Waals surface area contributed by atoms with Crippen molar-refractivity contribution >= 4 is 15.9 Å². The quantitative estimate of drug-likeness (QED) is 0.884. The molecule has 5 heteroatoms. The fourth-order valence-electron chi connectivity index (χ4n) is 2.56. The van der Waals surface area contributed by atoms with Crippen molar-refractivity contribution in [1.29, 1.82) is 0 Å². The van der Waals surface area contributed by atoms with Crippen LogP contribution in [0.15, 0.2) is 40.9 Å². The molecule has 2 aromatic carbocycles. The molecule has 1 heterocycles. The van der Waals surface area contributed by atoms with Gasteiger partial charge in [-0.15, -0.1) is 0 Å². The summed E-state index contributed by atoms with van der Waals surface area (Å²) in [6.07, 6.45) is 0.454. The number of halogens is 2. The molecule has 0 saturated carbocycles. The first-order valence-electron chi connectivity index (χ1n) is 6.63. The van der Waals surface area contributed by atoms with E-state index in [4.69, 9.17) is 15.2 Å². The van der Waals surface area contributed by atoms with Crippen LogP contribution in [0.2, 0.25) is 0 Å². The topological polar surface area (TPSA) is 44.5 Å². The van der Waals surface area contributed by atoms with Gasteiger partial charge in [0.25, 0.3) is 0 Å². The Balaban J connectivity index is 1.92. The minimum Gasteiger partial charge on any atom is -0.496 e. The van der Waals surface area contributed by atoms with E-state index < -0.39 is 0 Å². The van der Waals surface area contributed by atoms with E-state index in [1.165, 1.54) is 12.1 Å². The Labute approximate surface area is 131 Å². The minimum absolute atomic E-state index is 0.153. The Morgan fingerprint density at radius 3 is 2.81 bits per heavy atom. The molecular formula is C16H15BrFNO2. The molecule has 0 bridgehead atoms. The first-order chi connectivity index (χ1) is 10.1. The predicted octanol–water partition coefficient (Wildman–Crippen LogP) is 4.12. The van der Waals surface area contributed by atoms with Gasteiger partial charge in [0.15, 0.2) is 0 Å². The van der Waals surface area contributed by atoms with Crippen LogP contribution in [0.3, 0.4) is 0 Å². The maximum atomic E-state index is 13.3. The fraction of sp³-hybridized carbons (Fsp3) is 0.250. The van der Waals surface area contributed by atoms with Gasteiger partial charge in [0.2, 0.25) is 0 Å². The molecule has 0 aromatic heterocycles. The highest BCUT2D eigenvalue weighted by Gasteiger charge is 2.27. The van der Waals surface area contributed by atoms with Crippen molar-refractivity contribution in [2.75, 3.05) is 7.11 Å². The molecule has 0 saturated heterocycles. The van der Waals surface area contributed by atoms with E-state index in [1.54, 1.807) is 13.2 Å². The minimum atomic E-state index is -0.293. The molecule has 0 spiro atoms. The molecule has 3 nitrogen and oxygen atoms in total. The van der Waals surface area contributed by atoms with Gasteiger partial charge >= 0.3 is 0 Å². The van der Waals surface area contributed by atoms with Gasteiger partial charge in [-0.3, -0.25) is 0 Å². The lowest BCUT2D eigenvalue weighted by Crippen LogP contribution is -2.24. The summed E-state index contributed by atoms with van der Waals surface area (Å²) in [4.78, 5) is 0.